The molecule has 1 aromatic rings. The summed E-state index contributed by atoms with van der Waals surface area (Å²) in [5, 5.41) is 20.4. The minimum atomic E-state index is -0.617. The first-order valence-electron chi connectivity index (χ1n) is 7.62. The molecule has 126 valence electrons. The molecule has 0 spiro atoms. The first kappa shape index (κ1) is 17.1. The highest BCUT2D eigenvalue weighted by atomic mass is 16.6. The number of esters is 1. The van der Waals surface area contributed by atoms with Gasteiger partial charge in [-0.3, -0.25) is 14.9 Å². The van der Waals surface area contributed by atoms with Crippen LogP contribution < -0.4 is 4.90 Å². The summed E-state index contributed by atoms with van der Waals surface area (Å²) in [5.74, 6) is -0.650. The average Bonchev–Trinajstić information content (AvgIpc) is 2.45. The van der Waals surface area contributed by atoms with E-state index in [9.17, 15) is 20.0 Å². The molecule has 23 heavy (non-hydrogen) atoms. The van der Waals surface area contributed by atoms with Gasteiger partial charge in [-0.25, -0.2) is 0 Å². The summed E-state index contributed by atoms with van der Waals surface area (Å²) in [6.45, 7) is 6.82. The summed E-state index contributed by atoms with van der Waals surface area (Å²) in [6.07, 6.45) is 1.32. The topological polar surface area (TPSA) is 92.9 Å². The van der Waals surface area contributed by atoms with E-state index in [2.05, 4.69) is 0 Å². The van der Waals surface area contributed by atoms with E-state index in [1.807, 2.05) is 25.7 Å². The van der Waals surface area contributed by atoms with Gasteiger partial charge in [0.15, 0.2) is 5.75 Å². The zero-order valence-electron chi connectivity index (χ0n) is 13.6. The van der Waals surface area contributed by atoms with Crippen LogP contribution in [0.1, 0.15) is 33.6 Å². The Morgan fingerprint density at radius 1 is 1.35 bits per heavy atom. The molecule has 1 saturated heterocycles. The first-order valence-corrected chi connectivity index (χ1v) is 7.62. The second-order valence-corrected chi connectivity index (χ2v) is 6.72. The molecule has 7 nitrogen and oxygen atoms in total. The summed E-state index contributed by atoms with van der Waals surface area (Å²) < 4.78 is 5.41. The van der Waals surface area contributed by atoms with E-state index in [1.165, 1.54) is 12.1 Å². The lowest BCUT2D eigenvalue weighted by molar-refractivity contribution is -0.385. The maximum Gasteiger partial charge on any atom is 0.310 e. The van der Waals surface area contributed by atoms with E-state index < -0.39 is 10.5 Å². The second-order valence-electron chi connectivity index (χ2n) is 6.72. The molecule has 1 aliphatic rings. The highest BCUT2D eigenvalue weighted by Crippen LogP contribution is 2.32. The monoisotopic (exact) mass is 322 g/mol. The number of carbonyl (C=O) groups excluding carboxylic acids is 1. The molecule has 0 bridgehead atoms. The van der Waals surface area contributed by atoms with E-state index >= 15 is 0 Å². The minimum Gasteiger partial charge on any atom is -0.502 e. The highest BCUT2D eigenvalue weighted by Gasteiger charge is 2.29. The molecule has 7 heteroatoms. The van der Waals surface area contributed by atoms with Gasteiger partial charge in [0, 0.05) is 30.9 Å². The zero-order valence-corrected chi connectivity index (χ0v) is 13.6. The number of carbonyl (C=O) groups is 1. The summed E-state index contributed by atoms with van der Waals surface area (Å²) in [4.78, 5) is 24.2. The molecule has 1 N–H and O–H groups in total. The Hall–Kier alpha value is -2.31. The van der Waals surface area contributed by atoms with Crippen molar-refractivity contribution in [2.45, 2.75) is 39.2 Å². The minimum absolute atomic E-state index is 0.128. The van der Waals surface area contributed by atoms with Crippen molar-refractivity contribution in [1.29, 1.82) is 0 Å². The quantitative estimate of drug-likeness (QED) is 0.522. The van der Waals surface area contributed by atoms with Crippen LogP contribution in [0.4, 0.5) is 11.4 Å². The van der Waals surface area contributed by atoms with E-state index in [-0.39, 0.29) is 23.3 Å². The number of piperidine rings is 1. The van der Waals surface area contributed by atoms with Crippen molar-refractivity contribution < 1.29 is 19.6 Å². The molecule has 0 atom stereocenters. The number of hydrogen-bond acceptors (Lipinski definition) is 6. The van der Waals surface area contributed by atoms with Crippen molar-refractivity contribution in [3.8, 4) is 5.75 Å². The molecular weight excluding hydrogens is 300 g/mol. The van der Waals surface area contributed by atoms with Crippen LogP contribution in [0.15, 0.2) is 18.2 Å². The van der Waals surface area contributed by atoms with Gasteiger partial charge >= 0.3 is 11.7 Å². The smallest absolute Gasteiger partial charge is 0.310 e. The van der Waals surface area contributed by atoms with Crippen molar-refractivity contribution in [3.63, 3.8) is 0 Å². The van der Waals surface area contributed by atoms with Crippen molar-refractivity contribution in [3.05, 3.63) is 28.3 Å². The number of nitrogens with zero attached hydrogens (tertiary/aromatic N) is 2. The highest BCUT2D eigenvalue weighted by molar-refractivity contribution is 5.73. The van der Waals surface area contributed by atoms with Gasteiger partial charge in [-0.2, -0.15) is 0 Å². The van der Waals surface area contributed by atoms with Gasteiger partial charge in [-0.15, -0.1) is 0 Å². The van der Waals surface area contributed by atoms with Crippen LogP contribution >= 0.6 is 0 Å². The van der Waals surface area contributed by atoms with Crippen LogP contribution in [0.25, 0.3) is 0 Å². The first-order chi connectivity index (χ1) is 10.7. The number of nitro groups is 1. The lowest BCUT2D eigenvalue weighted by Gasteiger charge is -2.33. The van der Waals surface area contributed by atoms with Crippen LogP contribution in [0.2, 0.25) is 0 Å². The average molecular weight is 322 g/mol. The number of nitro benzene ring substituents is 1. The normalized spacial score (nSPS) is 16.2. The summed E-state index contributed by atoms with van der Waals surface area (Å²) in [6, 6.07) is 4.31. The van der Waals surface area contributed by atoms with Crippen LogP contribution in [0.3, 0.4) is 0 Å². The fraction of sp³-hybridized carbons (Fsp3) is 0.562. The van der Waals surface area contributed by atoms with Gasteiger partial charge in [0.1, 0.15) is 5.60 Å². The number of ether oxygens (including phenoxy) is 1. The molecule has 0 unspecified atom stereocenters. The third-order valence-corrected chi connectivity index (χ3v) is 3.76. The van der Waals surface area contributed by atoms with E-state index in [1.54, 1.807) is 6.07 Å². The van der Waals surface area contributed by atoms with Crippen LogP contribution in [0.5, 0.6) is 5.75 Å². The van der Waals surface area contributed by atoms with E-state index in [0.29, 0.717) is 25.9 Å². The number of aromatic hydroxyl groups is 1. The van der Waals surface area contributed by atoms with Crippen LogP contribution in [-0.2, 0) is 9.53 Å². The lowest BCUT2D eigenvalue weighted by atomic mass is 9.96. The summed E-state index contributed by atoms with van der Waals surface area (Å²) in [7, 11) is 0. The molecule has 2 rings (SSSR count). The standard InChI is InChI=1S/C16H22N2O5/c1-16(2,3)23-15(20)11-6-8-17(9-7-11)12-4-5-13(18(21)22)14(19)10-12/h4-5,10-11,19H,6-9H2,1-3H3. The summed E-state index contributed by atoms with van der Waals surface area (Å²) >= 11 is 0. The molecular formula is C16H22N2O5. The number of phenols is 1. The fourth-order valence-corrected chi connectivity index (χ4v) is 2.62. The Kier molecular flexibility index (Phi) is 4.77. The second kappa shape index (κ2) is 6.44. The largest absolute Gasteiger partial charge is 0.502 e. The summed E-state index contributed by atoms with van der Waals surface area (Å²) in [5.41, 5.74) is -0.0774. The third kappa shape index (κ3) is 4.34. The van der Waals surface area contributed by atoms with Crippen molar-refractivity contribution in [2.24, 2.45) is 5.92 Å². The Morgan fingerprint density at radius 2 is 1.96 bits per heavy atom. The van der Waals surface area contributed by atoms with Crippen molar-refractivity contribution >= 4 is 17.3 Å². The Bertz CT molecular complexity index is 601. The van der Waals surface area contributed by atoms with Crippen LogP contribution in [-0.4, -0.2) is 34.7 Å². The predicted molar refractivity (Wildman–Crippen MR) is 85.5 cm³/mol. The Balaban J connectivity index is 1.98. The molecule has 1 fully saturated rings. The Morgan fingerprint density at radius 3 is 2.43 bits per heavy atom. The van der Waals surface area contributed by atoms with E-state index in [4.69, 9.17) is 4.74 Å². The van der Waals surface area contributed by atoms with Gasteiger partial charge in [0.25, 0.3) is 0 Å². The molecule has 0 saturated carbocycles. The number of rotatable bonds is 3. The lowest BCUT2D eigenvalue weighted by Crippen LogP contribution is -2.38. The van der Waals surface area contributed by atoms with Gasteiger partial charge in [0.05, 0.1) is 10.8 Å². The van der Waals surface area contributed by atoms with Gasteiger partial charge < -0.3 is 14.7 Å². The fourth-order valence-electron chi connectivity index (χ4n) is 2.62. The van der Waals surface area contributed by atoms with E-state index in [0.717, 1.165) is 5.69 Å². The maximum absolute atomic E-state index is 12.1. The molecule has 1 aliphatic heterocycles. The zero-order chi connectivity index (χ0) is 17.2. The molecule has 0 radical (unpaired) electrons. The number of anilines is 1. The number of hydrogen-bond donors (Lipinski definition) is 1. The van der Waals surface area contributed by atoms with Gasteiger partial charge in [0.2, 0.25) is 0 Å². The molecule has 0 aliphatic carbocycles. The molecule has 1 heterocycles. The molecule has 0 amide bonds. The predicted octanol–water partition coefficient (Wildman–Crippen LogP) is 2.86. The number of phenolic OH excluding ortho intramolecular Hbond substituents is 1. The van der Waals surface area contributed by atoms with Crippen LogP contribution in [0, 0.1) is 16.0 Å². The SMILES string of the molecule is CC(C)(C)OC(=O)C1CCN(c2ccc([N+](=O)[O-])c(O)c2)CC1. The van der Waals surface area contributed by atoms with Gasteiger partial charge in [-0.05, 0) is 39.7 Å². The maximum atomic E-state index is 12.1. The third-order valence-electron chi connectivity index (χ3n) is 3.76. The molecule has 0 aromatic heterocycles. The Labute approximate surface area is 135 Å². The molecule has 1 aromatic carbocycles. The van der Waals surface area contributed by atoms with Gasteiger partial charge in [-0.1, -0.05) is 0 Å². The number of benzene rings is 1. The van der Waals surface area contributed by atoms with Crippen molar-refractivity contribution in [1.82, 2.24) is 0 Å². The van der Waals surface area contributed by atoms with Crippen molar-refractivity contribution in [2.75, 3.05) is 18.0 Å².